The molecule has 0 atom stereocenters. The summed E-state index contributed by atoms with van der Waals surface area (Å²) in [5.74, 6) is 0.770. The molecule has 0 saturated heterocycles. The highest BCUT2D eigenvalue weighted by Crippen LogP contribution is 2.25. The molecule has 2 N–H and O–H groups in total. The van der Waals surface area contributed by atoms with E-state index >= 15 is 0 Å². The number of ether oxygens (including phenoxy) is 1. The van der Waals surface area contributed by atoms with Crippen LogP contribution in [-0.4, -0.2) is 16.6 Å². The number of anilines is 2. The van der Waals surface area contributed by atoms with E-state index in [1.807, 2.05) is 31.2 Å². The minimum Gasteiger partial charge on any atom is -0.494 e. The summed E-state index contributed by atoms with van der Waals surface area (Å²) < 4.78 is 5.36. The molecular formula is C16H17N3O3S. The first kappa shape index (κ1) is 16.7. The molecule has 0 aliphatic carbocycles. The van der Waals surface area contributed by atoms with Crippen molar-refractivity contribution in [2.24, 2.45) is 0 Å². The van der Waals surface area contributed by atoms with Crippen molar-refractivity contribution in [3.63, 3.8) is 0 Å². The minimum atomic E-state index is -0.436. The van der Waals surface area contributed by atoms with Gasteiger partial charge in [-0.05, 0) is 62.0 Å². The first-order valence-electron chi connectivity index (χ1n) is 7.05. The number of benzene rings is 2. The van der Waals surface area contributed by atoms with Gasteiger partial charge in [-0.2, -0.15) is 0 Å². The summed E-state index contributed by atoms with van der Waals surface area (Å²) in [5.41, 5.74) is 1.92. The highest BCUT2D eigenvalue weighted by Gasteiger charge is 2.14. The number of thiocarbonyl (C=S) groups is 1. The van der Waals surface area contributed by atoms with Crippen molar-refractivity contribution in [2.45, 2.75) is 13.8 Å². The van der Waals surface area contributed by atoms with Gasteiger partial charge in [0.1, 0.15) is 11.4 Å². The Bertz CT molecular complexity index is 717. The lowest BCUT2D eigenvalue weighted by atomic mass is 10.2. The van der Waals surface area contributed by atoms with E-state index in [0.717, 1.165) is 17.0 Å². The van der Waals surface area contributed by atoms with E-state index in [9.17, 15) is 10.1 Å². The normalized spacial score (nSPS) is 10.0. The van der Waals surface area contributed by atoms with Gasteiger partial charge in [-0.1, -0.05) is 6.07 Å². The van der Waals surface area contributed by atoms with Crippen molar-refractivity contribution < 1.29 is 9.66 Å². The van der Waals surface area contributed by atoms with Gasteiger partial charge in [0, 0.05) is 11.8 Å². The fourth-order valence-electron chi connectivity index (χ4n) is 1.98. The molecule has 2 rings (SSSR count). The van der Waals surface area contributed by atoms with Crippen LogP contribution in [-0.2, 0) is 0 Å². The quantitative estimate of drug-likeness (QED) is 0.488. The number of nitrogens with one attached hydrogen (secondary N) is 2. The summed E-state index contributed by atoms with van der Waals surface area (Å²) in [6, 6.07) is 12.2. The van der Waals surface area contributed by atoms with Crippen molar-refractivity contribution in [3.05, 3.63) is 58.1 Å². The van der Waals surface area contributed by atoms with Crippen LogP contribution < -0.4 is 15.4 Å². The predicted molar refractivity (Wildman–Crippen MR) is 95.3 cm³/mol. The number of nitrogens with zero attached hydrogens (tertiary/aromatic N) is 1. The summed E-state index contributed by atoms with van der Waals surface area (Å²) in [4.78, 5) is 10.7. The van der Waals surface area contributed by atoms with Crippen LogP contribution in [0.15, 0.2) is 42.5 Å². The molecule has 0 saturated carbocycles. The van der Waals surface area contributed by atoms with Crippen LogP contribution >= 0.6 is 12.2 Å². The standard InChI is InChI=1S/C16H17N3O3S/c1-3-22-13-7-5-12(6-8-13)17-16(23)18-14-9-4-11(2)10-15(14)19(20)21/h4-10H,3H2,1-2H3,(H2,17,18,23). The summed E-state index contributed by atoms with van der Waals surface area (Å²) in [7, 11) is 0. The van der Waals surface area contributed by atoms with Crippen molar-refractivity contribution >= 4 is 34.4 Å². The second kappa shape index (κ2) is 7.55. The molecule has 120 valence electrons. The van der Waals surface area contributed by atoms with Crippen LogP contribution in [0.5, 0.6) is 5.75 Å². The number of aryl methyl sites for hydroxylation is 1. The zero-order valence-electron chi connectivity index (χ0n) is 12.8. The number of nitro benzene ring substituents is 1. The van der Waals surface area contributed by atoms with E-state index < -0.39 is 4.92 Å². The van der Waals surface area contributed by atoms with Gasteiger partial charge in [0.25, 0.3) is 5.69 Å². The molecule has 6 nitrogen and oxygen atoms in total. The Labute approximate surface area is 139 Å². The van der Waals surface area contributed by atoms with Crippen LogP contribution in [0.3, 0.4) is 0 Å². The van der Waals surface area contributed by atoms with Gasteiger partial charge in [-0.25, -0.2) is 0 Å². The molecule has 0 bridgehead atoms. The van der Waals surface area contributed by atoms with Crippen LogP contribution in [0.4, 0.5) is 17.1 Å². The van der Waals surface area contributed by atoms with E-state index in [4.69, 9.17) is 17.0 Å². The maximum absolute atomic E-state index is 11.1. The molecule has 0 aliphatic heterocycles. The number of rotatable bonds is 5. The topological polar surface area (TPSA) is 76.4 Å². The van der Waals surface area contributed by atoms with Crippen molar-refractivity contribution in [2.75, 3.05) is 17.2 Å². The molecular weight excluding hydrogens is 314 g/mol. The highest BCUT2D eigenvalue weighted by atomic mass is 32.1. The van der Waals surface area contributed by atoms with Crippen LogP contribution in [0.25, 0.3) is 0 Å². The molecule has 0 aromatic heterocycles. The molecule has 0 fully saturated rings. The monoisotopic (exact) mass is 331 g/mol. The maximum Gasteiger partial charge on any atom is 0.292 e. The van der Waals surface area contributed by atoms with Gasteiger partial charge in [0.05, 0.1) is 11.5 Å². The van der Waals surface area contributed by atoms with Gasteiger partial charge in [-0.3, -0.25) is 10.1 Å². The number of nitro groups is 1. The lowest BCUT2D eigenvalue weighted by Gasteiger charge is -2.11. The fourth-order valence-corrected chi connectivity index (χ4v) is 2.21. The highest BCUT2D eigenvalue weighted by molar-refractivity contribution is 7.80. The van der Waals surface area contributed by atoms with Crippen molar-refractivity contribution in [1.82, 2.24) is 0 Å². The molecule has 0 heterocycles. The average molecular weight is 331 g/mol. The maximum atomic E-state index is 11.1. The van der Waals surface area contributed by atoms with Gasteiger partial charge >= 0.3 is 0 Å². The van der Waals surface area contributed by atoms with Crippen LogP contribution in [0, 0.1) is 17.0 Å². The lowest BCUT2D eigenvalue weighted by molar-refractivity contribution is -0.383. The first-order chi connectivity index (χ1) is 11.0. The molecule has 2 aromatic rings. The molecule has 0 unspecified atom stereocenters. The summed E-state index contributed by atoms with van der Waals surface area (Å²) in [6.07, 6.45) is 0. The predicted octanol–water partition coefficient (Wildman–Crippen LogP) is 4.11. The molecule has 0 amide bonds. The van der Waals surface area contributed by atoms with Crippen LogP contribution in [0.2, 0.25) is 0 Å². The van der Waals surface area contributed by atoms with E-state index in [2.05, 4.69) is 10.6 Å². The Kier molecular flexibility index (Phi) is 5.48. The largest absolute Gasteiger partial charge is 0.494 e. The zero-order chi connectivity index (χ0) is 16.8. The van der Waals surface area contributed by atoms with Gasteiger partial charge in [-0.15, -0.1) is 0 Å². The third-order valence-corrected chi connectivity index (χ3v) is 3.23. The fraction of sp³-hybridized carbons (Fsp3) is 0.188. The summed E-state index contributed by atoms with van der Waals surface area (Å²) >= 11 is 5.21. The second-order valence-corrected chi connectivity index (χ2v) is 5.22. The smallest absolute Gasteiger partial charge is 0.292 e. The number of hydrogen-bond donors (Lipinski definition) is 2. The summed E-state index contributed by atoms with van der Waals surface area (Å²) in [5, 5.41) is 17.2. The van der Waals surface area contributed by atoms with Crippen molar-refractivity contribution in [1.29, 1.82) is 0 Å². The molecule has 23 heavy (non-hydrogen) atoms. The third kappa shape index (κ3) is 4.65. The second-order valence-electron chi connectivity index (χ2n) is 4.81. The average Bonchev–Trinajstić information content (AvgIpc) is 2.51. The SMILES string of the molecule is CCOc1ccc(NC(=S)Nc2ccc(C)cc2[N+](=O)[O-])cc1. The minimum absolute atomic E-state index is 0.0131. The molecule has 0 radical (unpaired) electrons. The molecule has 0 spiro atoms. The van der Waals surface area contributed by atoms with Gasteiger partial charge < -0.3 is 15.4 Å². The Morgan fingerprint density at radius 3 is 2.52 bits per heavy atom. The molecule has 2 aromatic carbocycles. The zero-order valence-corrected chi connectivity index (χ0v) is 13.6. The van der Waals surface area contributed by atoms with Gasteiger partial charge in [0.2, 0.25) is 0 Å². The Hall–Kier alpha value is -2.67. The van der Waals surface area contributed by atoms with Crippen molar-refractivity contribution in [3.8, 4) is 5.75 Å². The Morgan fingerprint density at radius 2 is 1.91 bits per heavy atom. The van der Waals surface area contributed by atoms with Gasteiger partial charge in [0.15, 0.2) is 5.11 Å². The summed E-state index contributed by atoms with van der Waals surface area (Å²) in [6.45, 7) is 4.32. The third-order valence-electron chi connectivity index (χ3n) is 3.02. The lowest BCUT2D eigenvalue weighted by Crippen LogP contribution is -2.19. The Balaban J connectivity index is 2.06. The van der Waals surface area contributed by atoms with Crippen LogP contribution in [0.1, 0.15) is 12.5 Å². The van der Waals surface area contributed by atoms with E-state index in [1.165, 1.54) is 6.07 Å². The Morgan fingerprint density at radius 1 is 1.22 bits per heavy atom. The van der Waals surface area contributed by atoms with E-state index in [0.29, 0.717) is 12.3 Å². The molecule has 0 aliphatic rings. The van der Waals surface area contributed by atoms with E-state index in [-0.39, 0.29) is 10.8 Å². The number of hydrogen-bond acceptors (Lipinski definition) is 4. The van der Waals surface area contributed by atoms with E-state index in [1.54, 1.807) is 19.1 Å². The molecule has 7 heteroatoms. The first-order valence-corrected chi connectivity index (χ1v) is 7.46.